The van der Waals surface area contributed by atoms with Crippen molar-refractivity contribution in [1.82, 2.24) is 14.7 Å². The minimum absolute atomic E-state index is 0.456. The molecule has 5 heteroatoms. The summed E-state index contributed by atoms with van der Waals surface area (Å²) in [5.41, 5.74) is 5.95. The Morgan fingerprint density at radius 3 is 3.00 bits per heavy atom. The second-order valence-corrected chi connectivity index (χ2v) is 5.04. The van der Waals surface area contributed by atoms with Crippen LogP contribution in [-0.4, -0.2) is 34.8 Å². The van der Waals surface area contributed by atoms with Crippen molar-refractivity contribution < 1.29 is 0 Å². The van der Waals surface area contributed by atoms with Crippen LogP contribution in [0.2, 0.25) is 0 Å². The van der Waals surface area contributed by atoms with Gasteiger partial charge in [-0.1, -0.05) is 0 Å². The first kappa shape index (κ1) is 10.2. The molecule has 0 aromatic carbocycles. The van der Waals surface area contributed by atoms with Crippen LogP contribution in [0, 0.1) is 3.57 Å². The lowest BCUT2D eigenvalue weighted by Crippen LogP contribution is -2.34. The van der Waals surface area contributed by atoms with Crippen LogP contribution < -0.4 is 5.73 Å². The van der Waals surface area contributed by atoms with Crippen molar-refractivity contribution in [2.24, 2.45) is 0 Å². The van der Waals surface area contributed by atoms with Crippen LogP contribution in [0.3, 0.4) is 0 Å². The van der Waals surface area contributed by atoms with E-state index >= 15 is 0 Å². The highest BCUT2D eigenvalue weighted by Crippen LogP contribution is 2.24. The Balaban J connectivity index is 2.18. The van der Waals surface area contributed by atoms with E-state index < -0.39 is 0 Å². The molecule has 1 fully saturated rings. The predicted molar refractivity (Wildman–Crippen MR) is 65.1 cm³/mol. The summed E-state index contributed by atoms with van der Waals surface area (Å²) in [5.74, 6) is 0.811. The molecule has 0 saturated carbocycles. The molecule has 14 heavy (non-hydrogen) atoms. The molecule has 78 valence electrons. The molecule has 1 atom stereocenters. The van der Waals surface area contributed by atoms with Gasteiger partial charge in [-0.2, -0.15) is 5.10 Å². The van der Waals surface area contributed by atoms with E-state index in [0.717, 1.165) is 15.9 Å². The van der Waals surface area contributed by atoms with E-state index in [9.17, 15) is 0 Å². The van der Waals surface area contributed by atoms with E-state index in [4.69, 9.17) is 5.73 Å². The summed E-state index contributed by atoms with van der Waals surface area (Å²) in [4.78, 5) is 2.34. The third-order valence-corrected chi connectivity index (χ3v) is 3.56. The number of likely N-dealkylation sites (N-methyl/N-ethyl adjacent to an activating group) is 1. The number of nitrogen functional groups attached to an aromatic ring is 1. The molecular weight excluding hydrogens is 291 g/mol. The molecule has 4 nitrogen and oxygen atoms in total. The number of likely N-dealkylation sites (tertiary alicyclic amines) is 1. The predicted octanol–water partition coefficient (Wildman–Crippen LogP) is 1.34. The van der Waals surface area contributed by atoms with Crippen molar-refractivity contribution in [3.05, 3.63) is 9.77 Å². The van der Waals surface area contributed by atoms with Gasteiger partial charge in [0.05, 0.1) is 15.8 Å². The van der Waals surface area contributed by atoms with Gasteiger partial charge in [-0.15, -0.1) is 0 Å². The summed E-state index contributed by atoms with van der Waals surface area (Å²) in [5, 5.41) is 4.33. The lowest BCUT2D eigenvalue weighted by atomic mass is 10.1. The smallest absolute Gasteiger partial charge is 0.135 e. The van der Waals surface area contributed by atoms with E-state index in [1.807, 2.05) is 10.9 Å². The summed E-state index contributed by atoms with van der Waals surface area (Å²) in [6, 6.07) is 0.456. The number of rotatable bonds is 1. The Labute approximate surface area is 97.6 Å². The van der Waals surface area contributed by atoms with Crippen molar-refractivity contribution in [3.8, 4) is 0 Å². The normalized spacial score (nSPS) is 24.0. The number of hydrogen-bond donors (Lipinski definition) is 1. The first-order chi connectivity index (χ1) is 6.68. The molecule has 1 saturated heterocycles. The van der Waals surface area contributed by atoms with Crippen LogP contribution in [0.25, 0.3) is 0 Å². The van der Waals surface area contributed by atoms with Crippen molar-refractivity contribution >= 4 is 28.4 Å². The second-order valence-electron chi connectivity index (χ2n) is 3.88. The van der Waals surface area contributed by atoms with Gasteiger partial charge in [0.1, 0.15) is 5.82 Å². The molecule has 1 aliphatic rings. The molecule has 2 rings (SSSR count). The first-order valence-electron chi connectivity index (χ1n) is 4.85. The van der Waals surface area contributed by atoms with Gasteiger partial charge in [-0.25, -0.2) is 4.68 Å². The third-order valence-electron chi connectivity index (χ3n) is 2.73. The standard InChI is InChI=1S/C9H15IN4/c1-13-4-2-3-7(6-13)14-9(11)8(10)5-12-14/h5,7H,2-4,6,11H2,1H3. The zero-order valence-corrected chi connectivity index (χ0v) is 10.4. The SMILES string of the molecule is CN1CCCC(n2ncc(I)c2N)C1. The molecule has 2 heterocycles. The molecule has 0 aliphatic carbocycles. The van der Waals surface area contributed by atoms with Gasteiger partial charge in [0, 0.05) is 6.54 Å². The maximum absolute atomic E-state index is 5.95. The van der Waals surface area contributed by atoms with Crippen LogP contribution in [0.1, 0.15) is 18.9 Å². The number of piperidine rings is 1. The molecule has 1 aliphatic heterocycles. The molecule has 1 aromatic heterocycles. The highest BCUT2D eigenvalue weighted by atomic mass is 127. The number of halogens is 1. The van der Waals surface area contributed by atoms with Crippen LogP contribution in [0.4, 0.5) is 5.82 Å². The number of nitrogens with two attached hydrogens (primary N) is 1. The van der Waals surface area contributed by atoms with Crippen LogP contribution in [-0.2, 0) is 0 Å². The highest BCUT2D eigenvalue weighted by Gasteiger charge is 2.21. The molecule has 0 amide bonds. The molecule has 1 unspecified atom stereocenters. The zero-order chi connectivity index (χ0) is 10.1. The number of anilines is 1. The Hall–Kier alpha value is -0.300. The summed E-state index contributed by atoms with van der Waals surface area (Å²) in [7, 11) is 2.15. The van der Waals surface area contributed by atoms with Gasteiger partial charge in [-0.3, -0.25) is 0 Å². The van der Waals surface area contributed by atoms with Crippen molar-refractivity contribution in [2.75, 3.05) is 25.9 Å². The van der Waals surface area contributed by atoms with Gasteiger partial charge in [0.2, 0.25) is 0 Å². The van der Waals surface area contributed by atoms with E-state index in [0.29, 0.717) is 6.04 Å². The van der Waals surface area contributed by atoms with Gasteiger partial charge < -0.3 is 10.6 Å². The highest BCUT2D eigenvalue weighted by molar-refractivity contribution is 14.1. The lowest BCUT2D eigenvalue weighted by Gasteiger charge is -2.30. The number of aromatic nitrogens is 2. The average Bonchev–Trinajstić information content (AvgIpc) is 2.48. The van der Waals surface area contributed by atoms with E-state index in [2.05, 4.69) is 39.6 Å². The number of nitrogens with zero attached hydrogens (tertiary/aromatic N) is 3. The van der Waals surface area contributed by atoms with Gasteiger partial charge in [-0.05, 0) is 49.0 Å². The van der Waals surface area contributed by atoms with Crippen molar-refractivity contribution in [2.45, 2.75) is 18.9 Å². The van der Waals surface area contributed by atoms with Crippen molar-refractivity contribution in [3.63, 3.8) is 0 Å². The number of hydrogen-bond acceptors (Lipinski definition) is 3. The Bertz CT molecular complexity index is 323. The molecule has 1 aromatic rings. The molecule has 2 N–H and O–H groups in total. The fraction of sp³-hybridized carbons (Fsp3) is 0.667. The average molecular weight is 306 g/mol. The third kappa shape index (κ3) is 1.88. The summed E-state index contributed by atoms with van der Waals surface area (Å²) < 4.78 is 3.02. The van der Waals surface area contributed by atoms with E-state index in [1.54, 1.807) is 0 Å². The molecule has 0 radical (unpaired) electrons. The monoisotopic (exact) mass is 306 g/mol. The van der Waals surface area contributed by atoms with E-state index in [-0.39, 0.29) is 0 Å². The maximum Gasteiger partial charge on any atom is 0.135 e. The van der Waals surface area contributed by atoms with Gasteiger partial charge in [0.15, 0.2) is 0 Å². The first-order valence-corrected chi connectivity index (χ1v) is 5.93. The minimum atomic E-state index is 0.456. The van der Waals surface area contributed by atoms with E-state index in [1.165, 1.54) is 19.4 Å². The topological polar surface area (TPSA) is 47.1 Å². The van der Waals surface area contributed by atoms with Crippen LogP contribution in [0.15, 0.2) is 6.20 Å². The van der Waals surface area contributed by atoms with Crippen molar-refractivity contribution in [1.29, 1.82) is 0 Å². The Morgan fingerprint density at radius 2 is 2.43 bits per heavy atom. The summed E-state index contributed by atoms with van der Waals surface area (Å²) >= 11 is 2.22. The van der Waals surface area contributed by atoms with Crippen LogP contribution >= 0.6 is 22.6 Å². The quantitative estimate of drug-likeness (QED) is 0.797. The largest absolute Gasteiger partial charge is 0.383 e. The Morgan fingerprint density at radius 1 is 1.64 bits per heavy atom. The van der Waals surface area contributed by atoms with Gasteiger partial charge in [0.25, 0.3) is 0 Å². The Kier molecular flexibility index (Phi) is 2.96. The molecule has 0 spiro atoms. The maximum atomic E-state index is 5.95. The van der Waals surface area contributed by atoms with Crippen LogP contribution in [0.5, 0.6) is 0 Å². The minimum Gasteiger partial charge on any atom is -0.383 e. The molecule has 0 bridgehead atoms. The zero-order valence-electron chi connectivity index (χ0n) is 8.28. The fourth-order valence-corrected chi connectivity index (χ4v) is 2.35. The fourth-order valence-electron chi connectivity index (χ4n) is 1.98. The second kappa shape index (κ2) is 4.06. The molecular formula is C9H15IN4. The summed E-state index contributed by atoms with van der Waals surface area (Å²) in [6.07, 6.45) is 4.26. The lowest BCUT2D eigenvalue weighted by molar-refractivity contribution is 0.204. The van der Waals surface area contributed by atoms with Gasteiger partial charge >= 0.3 is 0 Å². The summed E-state index contributed by atoms with van der Waals surface area (Å²) in [6.45, 7) is 2.25.